The van der Waals surface area contributed by atoms with Crippen molar-refractivity contribution in [2.24, 2.45) is 5.73 Å². The number of thiophene rings is 1. The van der Waals surface area contributed by atoms with Gasteiger partial charge >= 0.3 is 0 Å². The summed E-state index contributed by atoms with van der Waals surface area (Å²) in [5.41, 5.74) is 5.71. The van der Waals surface area contributed by atoms with Gasteiger partial charge in [0, 0.05) is 18.7 Å². The number of hydrogen-bond acceptors (Lipinski definition) is 6. The number of anilines is 3. The van der Waals surface area contributed by atoms with E-state index >= 15 is 0 Å². The second kappa shape index (κ2) is 5.79. The summed E-state index contributed by atoms with van der Waals surface area (Å²) in [4.78, 5) is 8.67. The van der Waals surface area contributed by atoms with E-state index in [1.54, 1.807) is 11.3 Å². The minimum atomic E-state index is 0.0916. The molecule has 2 heterocycles. The lowest BCUT2D eigenvalue weighted by atomic mass is 10.3. The van der Waals surface area contributed by atoms with Gasteiger partial charge in [0.05, 0.1) is 5.00 Å². The smallest absolute Gasteiger partial charge is 0.136 e. The van der Waals surface area contributed by atoms with Gasteiger partial charge in [-0.2, -0.15) is 0 Å². The minimum absolute atomic E-state index is 0.0916. The molecule has 0 aliphatic rings. The Morgan fingerprint density at radius 1 is 1.39 bits per heavy atom. The fourth-order valence-electron chi connectivity index (χ4n) is 1.46. The van der Waals surface area contributed by atoms with Crippen LogP contribution in [0.5, 0.6) is 0 Å². The maximum absolute atomic E-state index is 5.71. The predicted octanol–water partition coefficient (Wildman–Crippen LogP) is 2.35. The van der Waals surface area contributed by atoms with Crippen LogP contribution in [0.4, 0.5) is 16.6 Å². The molecule has 0 amide bonds. The van der Waals surface area contributed by atoms with Gasteiger partial charge in [-0.3, -0.25) is 0 Å². The van der Waals surface area contributed by atoms with Gasteiger partial charge in [-0.15, -0.1) is 11.3 Å². The molecule has 1 atom stereocenters. The van der Waals surface area contributed by atoms with Gasteiger partial charge in [0.2, 0.25) is 0 Å². The SMILES string of the molecule is Cc1nc(NCC(C)N)cc(Nc2cccs2)n1. The number of nitrogens with two attached hydrogens (primary N) is 1. The summed E-state index contributed by atoms with van der Waals surface area (Å²) in [7, 11) is 0. The third kappa shape index (κ3) is 3.68. The number of aryl methyl sites for hydroxylation is 1. The lowest BCUT2D eigenvalue weighted by Gasteiger charge is -2.10. The van der Waals surface area contributed by atoms with Crippen molar-refractivity contribution >= 4 is 28.0 Å². The molecule has 18 heavy (non-hydrogen) atoms. The van der Waals surface area contributed by atoms with Crippen molar-refractivity contribution in [3.8, 4) is 0 Å². The highest BCUT2D eigenvalue weighted by molar-refractivity contribution is 7.14. The highest BCUT2D eigenvalue weighted by atomic mass is 32.1. The Morgan fingerprint density at radius 2 is 2.17 bits per heavy atom. The highest BCUT2D eigenvalue weighted by Gasteiger charge is 2.03. The van der Waals surface area contributed by atoms with E-state index in [-0.39, 0.29) is 6.04 Å². The van der Waals surface area contributed by atoms with Crippen LogP contribution in [0.3, 0.4) is 0 Å². The summed E-state index contributed by atoms with van der Waals surface area (Å²) in [6, 6.07) is 5.98. The molecule has 2 rings (SSSR count). The Balaban J connectivity index is 2.10. The number of nitrogens with one attached hydrogen (secondary N) is 2. The quantitative estimate of drug-likeness (QED) is 0.772. The summed E-state index contributed by atoms with van der Waals surface area (Å²) < 4.78 is 0. The number of hydrogen-bond donors (Lipinski definition) is 3. The van der Waals surface area contributed by atoms with Gasteiger partial charge in [-0.25, -0.2) is 9.97 Å². The number of aromatic nitrogens is 2. The van der Waals surface area contributed by atoms with E-state index in [1.807, 2.05) is 37.4 Å². The van der Waals surface area contributed by atoms with Crippen molar-refractivity contribution < 1.29 is 0 Å². The Kier molecular flexibility index (Phi) is 4.11. The van der Waals surface area contributed by atoms with Crippen LogP contribution in [0, 0.1) is 6.92 Å². The van der Waals surface area contributed by atoms with E-state index < -0.39 is 0 Å². The molecule has 1 unspecified atom stereocenters. The molecule has 2 aromatic heterocycles. The molecule has 0 spiro atoms. The van der Waals surface area contributed by atoms with Crippen LogP contribution in [-0.2, 0) is 0 Å². The van der Waals surface area contributed by atoms with Gasteiger partial charge < -0.3 is 16.4 Å². The van der Waals surface area contributed by atoms with Crippen molar-refractivity contribution in [2.45, 2.75) is 19.9 Å². The topological polar surface area (TPSA) is 75.9 Å². The second-order valence-corrected chi connectivity index (χ2v) is 5.09. The molecule has 96 valence electrons. The Morgan fingerprint density at radius 3 is 2.83 bits per heavy atom. The van der Waals surface area contributed by atoms with Crippen LogP contribution in [0.25, 0.3) is 0 Å². The van der Waals surface area contributed by atoms with Crippen LogP contribution in [-0.4, -0.2) is 22.6 Å². The zero-order chi connectivity index (χ0) is 13.0. The van der Waals surface area contributed by atoms with Crippen LogP contribution in [0.1, 0.15) is 12.7 Å². The molecule has 0 fully saturated rings. The predicted molar refractivity (Wildman–Crippen MR) is 76.5 cm³/mol. The van der Waals surface area contributed by atoms with Crippen molar-refractivity contribution in [2.75, 3.05) is 17.2 Å². The van der Waals surface area contributed by atoms with Gasteiger partial charge in [-0.1, -0.05) is 0 Å². The molecular formula is C12H17N5S. The lowest BCUT2D eigenvalue weighted by Crippen LogP contribution is -2.25. The van der Waals surface area contributed by atoms with Crippen molar-refractivity contribution in [3.05, 3.63) is 29.4 Å². The van der Waals surface area contributed by atoms with E-state index in [9.17, 15) is 0 Å². The first-order valence-corrected chi connectivity index (χ1v) is 6.67. The summed E-state index contributed by atoms with van der Waals surface area (Å²) in [5.74, 6) is 2.31. The van der Waals surface area contributed by atoms with E-state index in [0.29, 0.717) is 6.54 Å². The molecule has 0 saturated carbocycles. The minimum Gasteiger partial charge on any atom is -0.368 e. The first-order valence-electron chi connectivity index (χ1n) is 5.79. The van der Waals surface area contributed by atoms with E-state index in [4.69, 9.17) is 5.73 Å². The average molecular weight is 263 g/mol. The summed E-state index contributed by atoms with van der Waals surface area (Å²) >= 11 is 1.64. The molecule has 0 bridgehead atoms. The summed E-state index contributed by atoms with van der Waals surface area (Å²) in [5, 5.41) is 9.52. The molecule has 4 N–H and O–H groups in total. The zero-order valence-electron chi connectivity index (χ0n) is 10.5. The van der Waals surface area contributed by atoms with E-state index in [2.05, 4.69) is 20.6 Å². The Bertz CT molecular complexity index is 495. The first-order chi connectivity index (χ1) is 8.63. The molecule has 2 aromatic rings. The normalized spacial score (nSPS) is 12.2. The second-order valence-electron chi connectivity index (χ2n) is 4.15. The average Bonchev–Trinajstić information content (AvgIpc) is 2.78. The van der Waals surface area contributed by atoms with Gasteiger partial charge in [-0.05, 0) is 31.4 Å². The third-order valence-electron chi connectivity index (χ3n) is 2.22. The number of rotatable bonds is 5. The van der Waals surface area contributed by atoms with Crippen molar-refractivity contribution in [1.29, 1.82) is 0 Å². The van der Waals surface area contributed by atoms with Crippen LogP contribution >= 0.6 is 11.3 Å². The molecule has 5 nitrogen and oxygen atoms in total. The molecule has 6 heteroatoms. The largest absolute Gasteiger partial charge is 0.368 e. The van der Waals surface area contributed by atoms with E-state index in [1.165, 1.54) is 0 Å². The highest BCUT2D eigenvalue weighted by Crippen LogP contribution is 2.21. The number of nitrogens with zero attached hydrogens (tertiary/aromatic N) is 2. The summed E-state index contributed by atoms with van der Waals surface area (Å²) in [6.45, 7) is 4.51. The standard InChI is InChI=1S/C12H17N5S/c1-8(13)7-14-10-6-11(16-9(2)15-10)17-12-4-3-5-18-12/h3-6,8H,7,13H2,1-2H3,(H2,14,15,16,17). The third-order valence-corrected chi connectivity index (χ3v) is 3.00. The van der Waals surface area contributed by atoms with E-state index in [0.717, 1.165) is 22.5 Å². The maximum Gasteiger partial charge on any atom is 0.136 e. The maximum atomic E-state index is 5.71. The zero-order valence-corrected chi connectivity index (χ0v) is 11.3. The summed E-state index contributed by atoms with van der Waals surface area (Å²) in [6.07, 6.45) is 0. The fraction of sp³-hybridized carbons (Fsp3) is 0.333. The Hall–Kier alpha value is -1.66. The van der Waals surface area contributed by atoms with Crippen LogP contribution in [0.2, 0.25) is 0 Å². The van der Waals surface area contributed by atoms with Gasteiger partial charge in [0.1, 0.15) is 17.5 Å². The Labute approximate surface area is 110 Å². The molecule has 0 aliphatic carbocycles. The lowest BCUT2D eigenvalue weighted by molar-refractivity contribution is 0.776. The molecular weight excluding hydrogens is 246 g/mol. The molecule has 0 radical (unpaired) electrons. The van der Waals surface area contributed by atoms with Gasteiger partial charge in [0.25, 0.3) is 0 Å². The molecule has 0 aliphatic heterocycles. The van der Waals surface area contributed by atoms with Crippen molar-refractivity contribution in [1.82, 2.24) is 9.97 Å². The fourth-order valence-corrected chi connectivity index (χ4v) is 2.09. The first kappa shape index (κ1) is 12.8. The molecule has 0 saturated heterocycles. The van der Waals surface area contributed by atoms with Crippen LogP contribution in [0.15, 0.2) is 23.6 Å². The monoisotopic (exact) mass is 263 g/mol. The van der Waals surface area contributed by atoms with Crippen molar-refractivity contribution in [3.63, 3.8) is 0 Å². The van der Waals surface area contributed by atoms with Gasteiger partial charge in [0.15, 0.2) is 0 Å². The van der Waals surface area contributed by atoms with Crippen LogP contribution < -0.4 is 16.4 Å². The molecule has 0 aromatic carbocycles.